The Hall–Kier alpha value is -5.25. The number of nitrogens with one attached hydrogen (secondary N) is 3. The molecule has 0 fully saturated rings. The Morgan fingerprint density at radius 3 is 1.29 bits per heavy atom. The van der Waals surface area contributed by atoms with Crippen LogP contribution in [-0.2, 0) is 33.6 Å². The van der Waals surface area contributed by atoms with Crippen LogP contribution in [0.3, 0.4) is 0 Å². The molecule has 0 aliphatic heterocycles. The summed E-state index contributed by atoms with van der Waals surface area (Å²) in [5, 5.41) is 65.5. The number of hydrogen-bond acceptors (Lipinski definition) is 12. The number of fused-ring (bicyclic) bond motifs is 3. The fourth-order valence-corrected chi connectivity index (χ4v) is 5.15. The van der Waals surface area contributed by atoms with Gasteiger partial charge in [0.1, 0.15) is 33.1 Å². The van der Waals surface area contributed by atoms with E-state index in [1.807, 2.05) is 0 Å². The van der Waals surface area contributed by atoms with E-state index in [-0.39, 0.29) is 11.1 Å². The number of para-hydroxylation sites is 3. The van der Waals surface area contributed by atoms with Crippen LogP contribution in [0.4, 0.5) is 0 Å². The third kappa shape index (κ3) is 4.23. The zero-order chi connectivity index (χ0) is 29.5. The van der Waals surface area contributed by atoms with E-state index >= 15 is 0 Å². The third-order valence-corrected chi connectivity index (χ3v) is 7.44. The Labute approximate surface area is 234 Å². The summed E-state index contributed by atoms with van der Waals surface area (Å²) in [5.74, 6) is -3.62. The van der Waals surface area contributed by atoms with Crippen molar-refractivity contribution >= 4 is 50.4 Å². The molecular formula is C27H23N9O6. The molecule has 6 rings (SSSR count). The molecule has 42 heavy (non-hydrogen) atoms. The van der Waals surface area contributed by atoms with Gasteiger partial charge in [-0.15, -0.1) is 0 Å². The average molecular weight is 570 g/mol. The lowest BCUT2D eigenvalue weighted by Gasteiger charge is -2.39. The number of aliphatic hydroxyl groups is 3. The van der Waals surface area contributed by atoms with E-state index < -0.39 is 54.4 Å². The molecule has 0 spiro atoms. The highest BCUT2D eigenvalue weighted by Crippen LogP contribution is 2.32. The molecule has 15 nitrogen and oxygen atoms in total. The van der Waals surface area contributed by atoms with Gasteiger partial charge in [0.15, 0.2) is 23.0 Å². The van der Waals surface area contributed by atoms with Crippen molar-refractivity contribution in [3.63, 3.8) is 0 Å². The number of rotatable bonds is 11. The first-order valence-corrected chi connectivity index (χ1v) is 12.8. The number of nitrogens with zero attached hydrogens (tertiary/aromatic N) is 6. The number of benzene rings is 3. The van der Waals surface area contributed by atoms with Gasteiger partial charge in [-0.25, -0.2) is 0 Å². The van der Waals surface area contributed by atoms with Crippen LogP contribution >= 0.6 is 0 Å². The summed E-state index contributed by atoms with van der Waals surface area (Å²) in [7, 11) is 0. The quantitative estimate of drug-likeness (QED) is 0.110. The summed E-state index contributed by atoms with van der Waals surface area (Å²) in [6.45, 7) is -1.43. The average Bonchev–Trinajstić information content (AvgIpc) is 3.77. The predicted molar refractivity (Wildman–Crippen MR) is 145 cm³/mol. The molecule has 212 valence electrons. The largest absolute Gasteiger partial charge is 0.393 e. The lowest BCUT2D eigenvalue weighted by molar-refractivity contribution is -0.193. The summed E-state index contributed by atoms with van der Waals surface area (Å²) in [6, 6.07) is 14.3. The fraction of sp³-hybridized carbons (Fsp3) is 0.222. The van der Waals surface area contributed by atoms with Crippen LogP contribution in [0.5, 0.6) is 0 Å². The van der Waals surface area contributed by atoms with Crippen molar-refractivity contribution in [3.05, 3.63) is 71.3 Å². The first-order valence-electron chi connectivity index (χ1n) is 12.8. The van der Waals surface area contributed by atoms with E-state index in [2.05, 4.69) is 46.2 Å². The molecule has 15 heteroatoms. The minimum Gasteiger partial charge on any atom is -0.393 e. The summed E-state index contributed by atoms with van der Waals surface area (Å²) in [6.07, 6.45) is -1.81. The van der Waals surface area contributed by atoms with Crippen molar-refractivity contribution in [3.8, 4) is 0 Å². The second-order valence-electron chi connectivity index (χ2n) is 9.85. The van der Waals surface area contributed by atoms with Crippen molar-refractivity contribution in [2.45, 2.75) is 30.5 Å². The van der Waals surface area contributed by atoms with E-state index in [1.165, 1.54) is 12.1 Å². The number of ketones is 3. The molecule has 1 unspecified atom stereocenters. The van der Waals surface area contributed by atoms with Crippen LogP contribution in [0, 0.1) is 0 Å². The maximum Gasteiger partial charge on any atom is 0.220 e. The molecule has 0 aliphatic carbocycles. The molecule has 0 amide bonds. The Kier molecular flexibility index (Phi) is 6.61. The second kappa shape index (κ2) is 10.3. The lowest BCUT2D eigenvalue weighted by atomic mass is 9.70. The topological polar surface area (TPSA) is 237 Å². The van der Waals surface area contributed by atoms with Gasteiger partial charge in [0.05, 0.1) is 6.61 Å². The molecule has 3 aromatic carbocycles. The fourth-order valence-electron chi connectivity index (χ4n) is 5.15. The molecule has 0 radical (unpaired) electrons. The standard InChI is InChI=1S/C27H23N9O6/c37-13-26(41,20(38)10-14-4-1-7-17-23(14)31-34-28-17)27(42,21(39)11-15-5-2-8-18-24(15)32-35-29-18)22(40)12-16-6-3-9-19-25(16)33-36-30-19/h1-9,37,41-42H,10-13H2,(H,28,31,34)(H,29,32,35)(H,30,33,36). The first kappa shape index (κ1) is 26.9. The molecule has 6 aromatic rings. The van der Waals surface area contributed by atoms with Gasteiger partial charge in [0.2, 0.25) is 5.60 Å². The van der Waals surface area contributed by atoms with Crippen molar-refractivity contribution in [1.29, 1.82) is 0 Å². The molecule has 3 heterocycles. The van der Waals surface area contributed by atoms with Gasteiger partial charge < -0.3 is 15.3 Å². The van der Waals surface area contributed by atoms with Crippen molar-refractivity contribution in [1.82, 2.24) is 46.2 Å². The van der Waals surface area contributed by atoms with Crippen LogP contribution in [0.2, 0.25) is 0 Å². The van der Waals surface area contributed by atoms with Gasteiger partial charge in [-0.2, -0.15) is 46.2 Å². The van der Waals surface area contributed by atoms with Gasteiger partial charge in [0, 0.05) is 19.3 Å². The van der Waals surface area contributed by atoms with Crippen LogP contribution in [0.15, 0.2) is 54.6 Å². The number of aromatic nitrogens is 9. The third-order valence-electron chi connectivity index (χ3n) is 7.44. The minimum atomic E-state index is -3.38. The lowest BCUT2D eigenvalue weighted by Crippen LogP contribution is -2.70. The van der Waals surface area contributed by atoms with E-state index in [1.54, 1.807) is 42.5 Å². The molecule has 0 saturated heterocycles. The Bertz CT molecular complexity index is 1890. The van der Waals surface area contributed by atoms with E-state index in [0.717, 1.165) is 0 Å². The highest BCUT2D eigenvalue weighted by atomic mass is 16.4. The number of carbonyl (C=O) groups is 3. The van der Waals surface area contributed by atoms with Crippen LogP contribution in [0.25, 0.3) is 33.1 Å². The monoisotopic (exact) mass is 569 g/mol. The number of hydrogen-bond donors (Lipinski definition) is 6. The van der Waals surface area contributed by atoms with Gasteiger partial charge in [-0.3, -0.25) is 14.4 Å². The van der Waals surface area contributed by atoms with Gasteiger partial charge in [-0.1, -0.05) is 36.4 Å². The highest BCUT2D eigenvalue weighted by Gasteiger charge is 2.62. The van der Waals surface area contributed by atoms with Crippen LogP contribution < -0.4 is 0 Å². The zero-order valence-electron chi connectivity index (χ0n) is 21.8. The second-order valence-corrected chi connectivity index (χ2v) is 9.85. The summed E-state index contributed by atoms with van der Waals surface area (Å²) in [5.41, 5.74) is -3.61. The molecule has 0 aliphatic rings. The normalized spacial score (nSPS) is 13.5. The number of aromatic amines is 3. The van der Waals surface area contributed by atoms with Crippen molar-refractivity contribution < 1.29 is 29.7 Å². The Morgan fingerprint density at radius 1 is 0.571 bits per heavy atom. The maximum absolute atomic E-state index is 14.0. The van der Waals surface area contributed by atoms with Crippen molar-refractivity contribution in [2.24, 2.45) is 0 Å². The van der Waals surface area contributed by atoms with E-state index in [0.29, 0.717) is 38.7 Å². The molecule has 0 saturated carbocycles. The van der Waals surface area contributed by atoms with Crippen LogP contribution in [-0.4, -0.2) is 96.7 Å². The predicted octanol–water partition coefficient (Wildman–Crippen LogP) is -0.310. The molecular weight excluding hydrogens is 546 g/mol. The smallest absolute Gasteiger partial charge is 0.220 e. The SMILES string of the molecule is O=C(Cc1cccc2n[nH]nc12)C(O)(CO)C(O)(C(=O)Cc1cccc2n[nH]nc12)C(=O)Cc1cccc2n[nH]nc12. The molecule has 6 N–H and O–H groups in total. The molecule has 3 aromatic heterocycles. The number of Topliss-reactive ketones (excluding diaryl/α,β-unsaturated/α-hetero) is 3. The summed E-state index contributed by atoms with van der Waals surface area (Å²) >= 11 is 0. The first-order chi connectivity index (χ1) is 20.3. The van der Waals surface area contributed by atoms with E-state index in [9.17, 15) is 29.7 Å². The van der Waals surface area contributed by atoms with Crippen LogP contribution in [0.1, 0.15) is 16.7 Å². The summed E-state index contributed by atoms with van der Waals surface area (Å²) in [4.78, 5) is 41.7. The minimum absolute atomic E-state index is 0.274. The van der Waals surface area contributed by atoms with Gasteiger partial charge in [-0.05, 0) is 34.9 Å². The summed E-state index contributed by atoms with van der Waals surface area (Å²) < 4.78 is 0. The van der Waals surface area contributed by atoms with Crippen molar-refractivity contribution in [2.75, 3.05) is 6.61 Å². The Balaban J connectivity index is 1.42. The number of aliphatic hydroxyl groups excluding tert-OH is 1. The number of carbonyl (C=O) groups excluding carboxylic acids is 3. The van der Waals surface area contributed by atoms with E-state index in [4.69, 9.17) is 0 Å². The zero-order valence-corrected chi connectivity index (χ0v) is 21.8. The van der Waals surface area contributed by atoms with Gasteiger partial charge >= 0.3 is 0 Å². The molecule has 1 atom stereocenters. The Morgan fingerprint density at radius 2 is 0.929 bits per heavy atom. The number of H-pyrrole nitrogens is 3. The molecule has 0 bridgehead atoms. The van der Waals surface area contributed by atoms with Gasteiger partial charge in [0.25, 0.3) is 0 Å². The highest BCUT2D eigenvalue weighted by molar-refractivity contribution is 6.18. The maximum atomic E-state index is 14.0.